The topological polar surface area (TPSA) is 93.2 Å². The fourth-order valence-electron chi connectivity index (χ4n) is 4.10. The first-order valence-electron chi connectivity index (χ1n) is 12.0. The molecule has 37 heavy (non-hydrogen) atoms. The molecular formula is C29H28N2O6. The molecule has 1 saturated heterocycles. The van der Waals surface area contributed by atoms with Crippen LogP contribution < -0.4 is 9.64 Å². The Kier molecular flexibility index (Phi) is 7.98. The maximum absolute atomic E-state index is 13.5. The van der Waals surface area contributed by atoms with Crippen LogP contribution in [0.1, 0.15) is 34.8 Å². The normalized spacial score (nSPS) is 15.0. The minimum absolute atomic E-state index is 0.149. The number of benzene rings is 3. The maximum Gasteiger partial charge on any atom is 0.338 e. The molecule has 1 unspecified atom stereocenters. The van der Waals surface area contributed by atoms with E-state index in [-0.39, 0.29) is 26.2 Å². The van der Waals surface area contributed by atoms with Gasteiger partial charge < -0.3 is 14.4 Å². The van der Waals surface area contributed by atoms with Gasteiger partial charge in [0.25, 0.3) is 11.8 Å². The predicted octanol–water partition coefficient (Wildman–Crippen LogP) is 3.91. The number of hydrogen-bond acceptors (Lipinski definition) is 6. The summed E-state index contributed by atoms with van der Waals surface area (Å²) in [4.78, 5) is 54.2. The molecule has 0 spiro atoms. The highest BCUT2D eigenvalue weighted by atomic mass is 16.5. The number of carbonyl (C=O) groups is 4. The third-order valence-corrected chi connectivity index (χ3v) is 6.04. The van der Waals surface area contributed by atoms with Crippen molar-refractivity contribution < 1.29 is 28.7 Å². The molecule has 1 heterocycles. The van der Waals surface area contributed by atoms with Crippen molar-refractivity contribution in [2.24, 2.45) is 0 Å². The van der Waals surface area contributed by atoms with E-state index in [0.29, 0.717) is 17.0 Å². The Labute approximate surface area is 215 Å². The number of nitrogens with zero attached hydrogens (tertiary/aromatic N) is 2. The molecule has 0 bridgehead atoms. The van der Waals surface area contributed by atoms with Crippen LogP contribution in [0.25, 0.3) is 0 Å². The molecule has 190 valence electrons. The predicted molar refractivity (Wildman–Crippen MR) is 137 cm³/mol. The van der Waals surface area contributed by atoms with Gasteiger partial charge in [-0.05, 0) is 55.8 Å². The highest BCUT2D eigenvalue weighted by Gasteiger charge is 2.44. The molecule has 3 aromatic carbocycles. The number of amides is 3. The Morgan fingerprint density at radius 3 is 2.27 bits per heavy atom. The van der Waals surface area contributed by atoms with E-state index in [1.54, 1.807) is 31.2 Å². The lowest BCUT2D eigenvalue weighted by Gasteiger charge is -2.28. The molecule has 3 aromatic rings. The van der Waals surface area contributed by atoms with Crippen LogP contribution in [0.4, 0.5) is 5.69 Å². The van der Waals surface area contributed by atoms with Gasteiger partial charge in [0.05, 0.1) is 24.3 Å². The van der Waals surface area contributed by atoms with Crippen molar-refractivity contribution in [1.82, 2.24) is 4.90 Å². The molecule has 3 amide bonds. The van der Waals surface area contributed by atoms with Gasteiger partial charge in [-0.3, -0.25) is 14.4 Å². The standard InChI is InChI=1S/C29H28N2O6/c1-3-36-29(35)22-13-15-23(16-14-22)31-26(32)17-25(28(31)34)30(18-21-11-9-20(2)10-12-21)27(33)19-37-24-7-5-4-6-8-24/h4-16,25H,3,17-19H2,1-2H3. The smallest absolute Gasteiger partial charge is 0.338 e. The first-order valence-corrected chi connectivity index (χ1v) is 12.0. The second-order valence-electron chi connectivity index (χ2n) is 8.66. The Bertz CT molecular complexity index is 1270. The third kappa shape index (κ3) is 6.03. The number of carbonyl (C=O) groups excluding carboxylic acids is 4. The molecule has 8 nitrogen and oxygen atoms in total. The Balaban J connectivity index is 1.56. The average Bonchev–Trinajstić information content (AvgIpc) is 3.21. The molecule has 0 N–H and O–H groups in total. The highest BCUT2D eigenvalue weighted by Crippen LogP contribution is 2.27. The van der Waals surface area contributed by atoms with Gasteiger partial charge in [0.1, 0.15) is 11.8 Å². The quantitative estimate of drug-likeness (QED) is 0.327. The van der Waals surface area contributed by atoms with E-state index in [4.69, 9.17) is 9.47 Å². The fraction of sp³-hybridized carbons (Fsp3) is 0.241. The molecular weight excluding hydrogens is 472 g/mol. The van der Waals surface area contributed by atoms with Gasteiger partial charge in [0.2, 0.25) is 5.91 Å². The SMILES string of the molecule is CCOC(=O)c1ccc(N2C(=O)CC(N(Cc3ccc(C)cc3)C(=O)COc3ccccc3)C2=O)cc1. The van der Waals surface area contributed by atoms with Gasteiger partial charge in [-0.2, -0.15) is 0 Å². The van der Waals surface area contributed by atoms with Crippen molar-refractivity contribution in [2.45, 2.75) is 32.9 Å². The Morgan fingerprint density at radius 1 is 0.946 bits per heavy atom. The maximum atomic E-state index is 13.5. The van der Waals surface area contributed by atoms with Gasteiger partial charge >= 0.3 is 5.97 Å². The summed E-state index contributed by atoms with van der Waals surface area (Å²) in [6.07, 6.45) is -0.151. The highest BCUT2D eigenvalue weighted by molar-refractivity contribution is 6.23. The first-order chi connectivity index (χ1) is 17.9. The molecule has 4 rings (SSSR count). The number of ether oxygens (including phenoxy) is 2. The number of para-hydroxylation sites is 1. The summed E-state index contributed by atoms with van der Waals surface area (Å²) in [6.45, 7) is 3.79. The summed E-state index contributed by atoms with van der Waals surface area (Å²) in [5.74, 6) is -1.30. The summed E-state index contributed by atoms with van der Waals surface area (Å²) in [6, 6.07) is 21.6. The summed E-state index contributed by atoms with van der Waals surface area (Å²) in [7, 11) is 0. The van der Waals surface area contributed by atoms with Crippen LogP contribution in [0.15, 0.2) is 78.9 Å². The van der Waals surface area contributed by atoms with E-state index in [0.717, 1.165) is 16.0 Å². The molecule has 0 aromatic heterocycles. The van der Waals surface area contributed by atoms with E-state index in [2.05, 4.69) is 0 Å². The minimum Gasteiger partial charge on any atom is -0.484 e. The van der Waals surface area contributed by atoms with E-state index in [1.807, 2.05) is 37.3 Å². The van der Waals surface area contributed by atoms with Crippen LogP contribution in [0.5, 0.6) is 5.75 Å². The number of anilines is 1. The summed E-state index contributed by atoms with van der Waals surface area (Å²) >= 11 is 0. The molecule has 1 aliphatic rings. The lowest BCUT2D eigenvalue weighted by Crippen LogP contribution is -2.46. The van der Waals surface area contributed by atoms with Crippen LogP contribution in [0, 0.1) is 6.92 Å². The lowest BCUT2D eigenvalue weighted by molar-refractivity contribution is -0.140. The van der Waals surface area contributed by atoms with Crippen LogP contribution in [-0.2, 0) is 25.7 Å². The molecule has 1 aliphatic heterocycles. The Morgan fingerprint density at radius 2 is 1.62 bits per heavy atom. The van der Waals surface area contributed by atoms with Crippen molar-refractivity contribution in [2.75, 3.05) is 18.1 Å². The number of esters is 1. The largest absolute Gasteiger partial charge is 0.484 e. The monoisotopic (exact) mass is 500 g/mol. The summed E-state index contributed by atoms with van der Waals surface area (Å²) < 4.78 is 10.6. The number of imide groups is 1. The van der Waals surface area contributed by atoms with Crippen molar-refractivity contribution in [1.29, 1.82) is 0 Å². The number of rotatable bonds is 9. The zero-order valence-corrected chi connectivity index (χ0v) is 20.8. The van der Waals surface area contributed by atoms with Gasteiger partial charge in [-0.25, -0.2) is 9.69 Å². The van der Waals surface area contributed by atoms with Crippen LogP contribution >= 0.6 is 0 Å². The van der Waals surface area contributed by atoms with Gasteiger partial charge in [-0.15, -0.1) is 0 Å². The zero-order chi connectivity index (χ0) is 26.4. The van der Waals surface area contributed by atoms with Crippen molar-refractivity contribution in [3.05, 3.63) is 95.6 Å². The van der Waals surface area contributed by atoms with Gasteiger partial charge in [0, 0.05) is 6.54 Å². The number of aryl methyl sites for hydroxylation is 1. The van der Waals surface area contributed by atoms with Crippen LogP contribution in [-0.4, -0.2) is 47.8 Å². The summed E-state index contributed by atoms with van der Waals surface area (Å²) in [5, 5.41) is 0. The van der Waals surface area contributed by atoms with E-state index in [1.165, 1.54) is 29.2 Å². The van der Waals surface area contributed by atoms with E-state index in [9.17, 15) is 19.2 Å². The van der Waals surface area contributed by atoms with Crippen molar-refractivity contribution >= 4 is 29.4 Å². The zero-order valence-electron chi connectivity index (χ0n) is 20.8. The summed E-state index contributed by atoms with van der Waals surface area (Å²) in [5.41, 5.74) is 2.54. The Hall–Kier alpha value is -4.46. The lowest BCUT2D eigenvalue weighted by atomic mass is 10.1. The van der Waals surface area contributed by atoms with Gasteiger partial charge in [-0.1, -0.05) is 48.0 Å². The minimum atomic E-state index is -0.981. The molecule has 0 aliphatic carbocycles. The van der Waals surface area contributed by atoms with Crippen LogP contribution in [0.3, 0.4) is 0 Å². The van der Waals surface area contributed by atoms with Crippen molar-refractivity contribution in [3.8, 4) is 5.75 Å². The molecule has 0 saturated carbocycles. The number of hydrogen-bond donors (Lipinski definition) is 0. The molecule has 1 fully saturated rings. The third-order valence-electron chi connectivity index (χ3n) is 6.04. The average molecular weight is 501 g/mol. The second-order valence-corrected chi connectivity index (χ2v) is 8.66. The molecule has 8 heteroatoms. The molecule has 1 atom stereocenters. The second kappa shape index (κ2) is 11.5. The van der Waals surface area contributed by atoms with E-state index >= 15 is 0 Å². The first kappa shape index (κ1) is 25.6. The van der Waals surface area contributed by atoms with E-state index < -0.39 is 29.7 Å². The molecule has 0 radical (unpaired) electrons. The van der Waals surface area contributed by atoms with Crippen LogP contribution in [0.2, 0.25) is 0 Å². The van der Waals surface area contributed by atoms with Gasteiger partial charge in [0.15, 0.2) is 6.61 Å². The van der Waals surface area contributed by atoms with Crippen molar-refractivity contribution in [3.63, 3.8) is 0 Å². The fourth-order valence-corrected chi connectivity index (χ4v) is 4.10.